The summed E-state index contributed by atoms with van der Waals surface area (Å²) in [4.78, 5) is 10.3. The van der Waals surface area contributed by atoms with Crippen molar-refractivity contribution in [3.63, 3.8) is 0 Å². The van der Waals surface area contributed by atoms with Crippen molar-refractivity contribution < 1.29 is 28.0 Å². The van der Waals surface area contributed by atoms with E-state index in [2.05, 4.69) is 52.4 Å². The SMILES string of the molecule is C=C(C)[C@@H]1CC[C@]2(COP(=O)(O)OP(=O)(Cl)Cl)CC[C@]3(C)[C@H](CC[C@@H]4[C@@]5(C)CC[C@H](O)C(C)(C)[C@@H]5CC[C@]43C)[C@@H]12. The van der Waals surface area contributed by atoms with Gasteiger partial charge in [0, 0.05) is 0 Å². The summed E-state index contributed by atoms with van der Waals surface area (Å²) in [5.74, 6) is 2.19. The molecule has 5 saturated carbocycles. The van der Waals surface area contributed by atoms with Crippen molar-refractivity contribution in [2.45, 2.75) is 112 Å². The molecule has 40 heavy (non-hydrogen) atoms. The number of phosphoric acid groups is 1. The first-order valence-corrected chi connectivity index (χ1v) is 20.2. The molecule has 6 nitrogen and oxygen atoms in total. The molecule has 0 aliphatic heterocycles. The lowest BCUT2D eigenvalue weighted by atomic mass is 9.32. The van der Waals surface area contributed by atoms with E-state index in [0.717, 1.165) is 51.4 Å². The molecule has 5 aliphatic rings. The molecule has 5 rings (SSSR count). The van der Waals surface area contributed by atoms with E-state index in [4.69, 9.17) is 27.0 Å². The molecule has 0 heterocycles. The lowest BCUT2D eigenvalue weighted by molar-refractivity contribution is -0.249. The minimum Gasteiger partial charge on any atom is -0.393 e. The molecule has 2 N–H and O–H groups in total. The predicted molar refractivity (Wildman–Crippen MR) is 161 cm³/mol. The molecule has 0 aromatic rings. The predicted octanol–water partition coefficient (Wildman–Crippen LogP) is 9.72. The molecule has 0 spiro atoms. The van der Waals surface area contributed by atoms with Crippen molar-refractivity contribution >= 4 is 36.4 Å². The summed E-state index contributed by atoms with van der Waals surface area (Å²) in [6.07, 6.45) is 5.98. The Hall–Kier alpha value is 0.620. The molecular weight excluding hydrogens is 589 g/mol. The Morgan fingerprint density at radius 1 is 0.900 bits per heavy atom. The van der Waals surface area contributed by atoms with Gasteiger partial charge in [0.05, 0.1) is 12.7 Å². The zero-order valence-electron chi connectivity index (χ0n) is 25.1. The number of aliphatic hydroxyl groups is 1. The van der Waals surface area contributed by atoms with E-state index < -0.39 is 13.9 Å². The number of hydrogen-bond donors (Lipinski definition) is 2. The van der Waals surface area contributed by atoms with Gasteiger partial charge in [-0.1, -0.05) is 46.8 Å². The standard InChI is InChI=1S/C30H50Cl2O6P2/c1-19(2)20-10-15-30(18-37-40(35,36)38-39(31,32)34)17-16-28(6)21(25(20)30)8-9-23-27(5)13-12-24(33)26(3,4)22(27)11-14-29(23,28)7/h20-25,33H,1,8-18H2,2-7H3,(H,35,36)/t20-,21+,22-,23+,24-,25+,27-,28+,29+,30+/m0/s1. The van der Waals surface area contributed by atoms with Gasteiger partial charge < -0.3 is 10.00 Å². The number of halogens is 2. The zero-order chi connectivity index (χ0) is 29.7. The van der Waals surface area contributed by atoms with E-state index in [1.807, 2.05) is 0 Å². The van der Waals surface area contributed by atoms with Crippen molar-refractivity contribution in [1.29, 1.82) is 0 Å². The molecule has 5 aliphatic carbocycles. The van der Waals surface area contributed by atoms with Crippen molar-refractivity contribution in [3.8, 4) is 0 Å². The highest BCUT2D eigenvalue weighted by Gasteiger charge is 2.71. The normalized spacial score (nSPS) is 49.6. The molecule has 0 aromatic heterocycles. The Labute approximate surface area is 251 Å². The van der Waals surface area contributed by atoms with Crippen LogP contribution in [0.25, 0.3) is 0 Å². The summed E-state index contributed by atoms with van der Waals surface area (Å²) >= 11 is 10.9. The Bertz CT molecular complexity index is 1140. The van der Waals surface area contributed by atoms with Crippen molar-refractivity contribution in [2.75, 3.05) is 6.61 Å². The van der Waals surface area contributed by atoms with Gasteiger partial charge in [-0.25, -0.2) is 8.88 Å². The third-order valence-electron chi connectivity index (χ3n) is 13.9. The van der Waals surface area contributed by atoms with Gasteiger partial charge >= 0.3 is 13.9 Å². The van der Waals surface area contributed by atoms with Crippen LogP contribution in [0.5, 0.6) is 0 Å². The van der Waals surface area contributed by atoms with Gasteiger partial charge in [-0.3, -0.25) is 9.09 Å². The fraction of sp³-hybridized carbons (Fsp3) is 0.933. The first-order chi connectivity index (χ1) is 18.2. The third-order valence-corrected chi connectivity index (χ3v) is 17.1. The first kappa shape index (κ1) is 32.0. The summed E-state index contributed by atoms with van der Waals surface area (Å²) in [5, 5.41) is 11.0. The van der Waals surface area contributed by atoms with Crippen LogP contribution in [0.1, 0.15) is 106 Å². The minimum atomic E-state index is -4.68. The van der Waals surface area contributed by atoms with Gasteiger partial charge in [0.2, 0.25) is 0 Å². The molecule has 5 fully saturated rings. The molecular formula is C30H50Cl2O6P2. The highest BCUT2D eigenvalue weighted by Crippen LogP contribution is 2.78. The van der Waals surface area contributed by atoms with Gasteiger partial charge in [0.25, 0.3) is 0 Å². The lowest BCUT2D eigenvalue weighted by Gasteiger charge is -2.73. The van der Waals surface area contributed by atoms with Crippen molar-refractivity contribution in [2.24, 2.45) is 56.7 Å². The van der Waals surface area contributed by atoms with Crippen LogP contribution in [0, 0.1) is 56.7 Å². The molecule has 0 bridgehead atoms. The van der Waals surface area contributed by atoms with Crippen LogP contribution in [-0.4, -0.2) is 22.7 Å². The van der Waals surface area contributed by atoms with E-state index in [-0.39, 0.29) is 45.7 Å². The molecule has 1 unspecified atom stereocenters. The van der Waals surface area contributed by atoms with E-state index in [0.29, 0.717) is 23.7 Å². The summed E-state index contributed by atoms with van der Waals surface area (Å²) < 4.78 is 34.5. The maximum absolute atomic E-state index is 12.6. The van der Waals surface area contributed by atoms with Crippen LogP contribution in [0.3, 0.4) is 0 Å². The molecule has 0 radical (unpaired) electrons. The fourth-order valence-electron chi connectivity index (χ4n) is 11.9. The van der Waals surface area contributed by atoms with Crippen LogP contribution < -0.4 is 0 Å². The highest BCUT2D eigenvalue weighted by atomic mass is 35.9. The summed E-state index contributed by atoms with van der Waals surface area (Å²) in [5.41, 5.74) is 1.34. The maximum atomic E-state index is 12.6. The van der Waals surface area contributed by atoms with E-state index in [1.54, 1.807) is 0 Å². The maximum Gasteiger partial charge on any atom is 0.479 e. The molecule has 0 saturated heterocycles. The van der Waals surface area contributed by atoms with Gasteiger partial charge in [-0.2, -0.15) is 0 Å². The number of hydrogen-bond acceptors (Lipinski definition) is 5. The molecule has 11 atom stereocenters. The number of aliphatic hydroxyl groups excluding tert-OH is 1. The molecule has 0 amide bonds. The molecule has 230 valence electrons. The quantitative estimate of drug-likeness (QED) is 0.222. The van der Waals surface area contributed by atoms with E-state index in [9.17, 15) is 19.1 Å². The van der Waals surface area contributed by atoms with Crippen LogP contribution in [0.2, 0.25) is 0 Å². The lowest BCUT2D eigenvalue weighted by Crippen LogP contribution is -2.66. The number of phosphoric ester groups is 1. The van der Waals surface area contributed by atoms with Crippen molar-refractivity contribution in [1.82, 2.24) is 0 Å². The van der Waals surface area contributed by atoms with Gasteiger partial charge in [-0.05, 0) is 150 Å². The fourth-order valence-corrected chi connectivity index (χ4v) is 14.9. The summed E-state index contributed by atoms with van der Waals surface area (Å²) in [6.45, 7) is 18.8. The Balaban J connectivity index is 1.48. The Morgan fingerprint density at radius 3 is 2.20 bits per heavy atom. The van der Waals surface area contributed by atoms with Crippen LogP contribution in [0.4, 0.5) is 0 Å². The second kappa shape index (κ2) is 10.1. The van der Waals surface area contributed by atoms with Crippen molar-refractivity contribution in [3.05, 3.63) is 12.2 Å². The largest absolute Gasteiger partial charge is 0.479 e. The zero-order valence-corrected chi connectivity index (χ0v) is 28.4. The molecule has 10 heteroatoms. The topological polar surface area (TPSA) is 93.1 Å². The third kappa shape index (κ3) is 4.81. The van der Waals surface area contributed by atoms with E-state index in [1.165, 1.54) is 18.4 Å². The minimum absolute atomic E-state index is 0.0571. The van der Waals surface area contributed by atoms with Gasteiger partial charge in [0.1, 0.15) is 0 Å². The van der Waals surface area contributed by atoms with Gasteiger partial charge in [0.15, 0.2) is 0 Å². The van der Waals surface area contributed by atoms with Gasteiger partial charge in [-0.15, -0.1) is 0 Å². The molecule has 0 aromatic carbocycles. The Morgan fingerprint density at radius 2 is 1.57 bits per heavy atom. The average Bonchev–Trinajstić information content (AvgIpc) is 3.20. The summed E-state index contributed by atoms with van der Waals surface area (Å²) in [6, 6.07) is 0. The van der Waals surface area contributed by atoms with Crippen LogP contribution in [-0.2, 0) is 18.0 Å². The second-order valence-corrected chi connectivity index (χ2v) is 21.5. The number of rotatable bonds is 6. The monoisotopic (exact) mass is 638 g/mol. The van der Waals surface area contributed by atoms with Crippen LogP contribution >= 0.6 is 36.4 Å². The first-order valence-electron chi connectivity index (χ1n) is 15.2. The van der Waals surface area contributed by atoms with Crippen LogP contribution in [0.15, 0.2) is 12.2 Å². The number of allylic oxidation sites excluding steroid dienone is 1. The highest BCUT2D eigenvalue weighted by molar-refractivity contribution is 8.07. The average molecular weight is 640 g/mol. The van der Waals surface area contributed by atoms with E-state index >= 15 is 0 Å². The smallest absolute Gasteiger partial charge is 0.393 e. The second-order valence-electron chi connectivity index (χ2n) is 15.7. The summed E-state index contributed by atoms with van der Waals surface area (Å²) in [7, 11) is -4.68. The number of fused-ring (bicyclic) bond motifs is 7. The Kier molecular flexibility index (Phi) is 8.06.